The van der Waals surface area contributed by atoms with E-state index in [9.17, 15) is 0 Å². The van der Waals surface area contributed by atoms with Crippen LogP contribution < -0.4 is 5.46 Å². The normalized spacial score (nSPS) is 10.9. The van der Waals surface area contributed by atoms with Gasteiger partial charge >= 0.3 is 7.12 Å². The van der Waals surface area contributed by atoms with Gasteiger partial charge in [0.25, 0.3) is 0 Å². The molecule has 1 heterocycles. The Hall–Kier alpha value is -1.98. The summed E-state index contributed by atoms with van der Waals surface area (Å²) in [6.07, 6.45) is 0. The summed E-state index contributed by atoms with van der Waals surface area (Å²) < 4.78 is 0. The molecule has 5 heteroatoms. The molecule has 0 spiro atoms. The minimum atomic E-state index is -1.48. The summed E-state index contributed by atoms with van der Waals surface area (Å²) in [5, 5.41) is 28.4. The van der Waals surface area contributed by atoms with Gasteiger partial charge in [-0.2, -0.15) is 0 Å². The van der Waals surface area contributed by atoms with E-state index in [1.807, 2.05) is 30.3 Å². The maximum absolute atomic E-state index is 9.10. The molecular formula is C12H9BN2O2. The Balaban J connectivity index is 2.37. The van der Waals surface area contributed by atoms with E-state index < -0.39 is 7.12 Å². The van der Waals surface area contributed by atoms with Crippen LogP contribution in [0.5, 0.6) is 0 Å². The van der Waals surface area contributed by atoms with Gasteiger partial charge in [0.2, 0.25) is 0 Å². The van der Waals surface area contributed by atoms with Crippen LogP contribution in [0.2, 0.25) is 0 Å². The van der Waals surface area contributed by atoms with Gasteiger partial charge in [-0.1, -0.05) is 30.3 Å². The van der Waals surface area contributed by atoms with Gasteiger partial charge in [-0.3, -0.25) is 0 Å². The van der Waals surface area contributed by atoms with Gasteiger partial charge in [0.05, 0.1) is 11.0 Å². The standard InChI is InChI=1S/C12H9BN2O2/c16-13(17)8-5-6-10-9-3-1-2-4-11(9)14-15-12(10)7-8/h1-7,16-17H. The zero-order valence-corrected chi connectivity index (χ0v) is 8.91. The number of hydrogen-bond donors (Lipinski definition) is 2. The van der Waals surface area contributed by atoms with Crippen molar-refractivity contribution >= 4 is 34.4 Å². The van der Waals surface area contributed by atoms with Crippen LogP contribution in [0.3, 0.4) is 0 Å². The van der Waals surface area contributed by atoms with E-state index >= 15 is 0 Å². The van der Waals surface area contributed by atoms with Gasteiger partial charge in [0.15, 0.2) is 0 Å². The molecule has 1 aromatic heterocycles. The van der Waals surface area contributed by atoms with E-state index in [1.165, 1.54) is 0 Å². The van der Waals surface area contributed by atoms with Gasteiger partial charge in [-0.05, 0) is 17.6 Å². The third-order valence-corrected chi connectivity index (χ3v) is 2.78. The highest BCUT2D eigenvalue weighted by atomic mass is 16.4. The molecule has 2 N–H and O–H groups in total. The van der Waals surface area contributed by atoms with E-state index in [0.29, 0.717) is 11.0 Å². The zero-order valence-electron chi connectivity index (χ0n) is 8.91. The lowest BCUT2D eigenvalue weighted by atomic mass is 9.80. The SMILES string of the molecule is OB(O)c1ccc2c(c1)nnc1ccccc12. The lowest BCUT2D eigenvalue weighted by molar-refractivity contribution is 0.426. The maximum Gasteiger partial charge on any atom is 0.488 e. The first kappa shape index (κ1) is 10.2. The lowest BCUT2D eigenvalue weighted by Crippen LogP contribution is -2.29. The number of fused-ring (bicyclic) bond motifs is 3. The Morgan fingerprint density at radius 1 is 0.824 bits per heavy atom. The highest BCUT2D eigenvalue weighted by Gasteiger charge is 2.12. The molecule has 0 amide bonds. The van der Waals surface area contributed by atoms with Crippen LogP contribution in [-0.4, -0.2) is 27.4 Å². The van der Waals surface area contributed by atoms with Crippen molar-refractivity contribution in [2.45, 2.75) is 0 Å². The Morgan fingerprint density at radius 2 is 1.53 bits per heavy atom. The fourth-order valence-electron chi connectivity index (χ4n) is 1.92. The fourth-order valence-corrected chi connectivity index (χ4v) is 1.92. The van der Waals surface area contributed by atoms with Crippen molar-refractivity contribution in [2.75, 3.05) is 0 Å². The molecule has 3 aromatic rings. The molecule has 0 saturated carbocycles. The first-order valence-electron chi connectivity index (χ1n) is 5.27. The Morgan fingerprint density at radius 3 is 2.35 bits per heavy atom. The number of nitrogens with zero attached hydrogens (tertiary/aromatic N) is 2. The summed E-state index contributed by atoms with van der Waals surface area (Å²) in [4.78, 5) is 0. The third-order valence-electron chi connectivity index (χ3n) is 2.78. The van der Waals surface area contributed by atoms with Crippen LogP contribution in [-0.2, 0) is 0 Å². The predicted octanol–water partition coefficient (Wildman–Crippen LogP) is 0.463. The zero-order chi connectivity index (χ0) is 11.8. The first-order valence-corrected chi connectivity index (χ1v) is 5.27. The molecule has 0 atom stereocenters. The second-order valence-corrected chi connectivity index (χ2v) is 3.87. The molecule has 0 bridgehead atoms. The van der Waals surface area contributed by atoms with Crippen molar-refractivity contribution in [1.82, 2.24) is 10.2 Å². The molecule has 3 rings (SSSR count). The molecule has 0 radical (unpaired) electrons. The smallest absolute Gasteiger partial charge is 0.423 e. The van der Waals surface area contributed by atoms with Crippen molar-refractivity contribution in [3.05, 3.63) is 42.5 Å². The highest BCUT2D eigenvalue weighted by Crippen LogP contribution is 2.20. The van der Waals surface area contributed by atoms with Crippen LogP contribution >= 0.6 is 0 Å². The molecule has 82 valence electrons. The molecule has 0 aliphatic heterocycles. The molecule has 4 nitrogen and oxygen atoms in total. The van der Waals surface area contributed by atoms with Crippen LogP contribution in [0.4, 0.5) is 0 Å². The second-order valence-electron chi connectivity index (χ2n) is 3.87. The summed E-state index contributed by atoms with van der Waals surface area (Å²) in [7, 11) is -1.48. The van der Waals surface area contributed by atoms with Crippen molar-refractivity contribution in [2.24, 2.45) is 0 Å². The van der Waals surface area contributed by atoms with Crippen LogP contribution in [0.15, 0.2) is 42.5 Å². The largest absolute Gasteiger partial charge is 0.488 e. The van der Waals surface area contributed by atoms with Gasteiger partial charge in [-0.15, -0.1) is 10.2 Å². The van der Waals surface area contributed by atoms with Crippen molar-refractivity contribution in [1.29, 1.82) is 0 Å². The van der Waals surface area contributed by atoms with E-state index in [4.69, 9.17) is 10.0 Å². The average Bonchev–Trinajstić information content (AvgIpc) is 2.38. The molecule has 2 aromatic carbocycles. The monoisotopic (exact) mass is 224 g/mol. The van der Waals surface area contributed by atoms with Crippen LogP contribution in [0.25, 0.3) is 21.8 Å². The van der Waals surface area contributed by atoms with Crippen molar-refractivity contribution in [3.8, 4) is 0 Å². The van der Waals surface area contributed by atoms with Gasteiger partial charge in [0.1, 0.15) is 0 Å². The predicted molar refractivity (Wildman–Crippen MR) is 66.9 cm³/mol. The topological polar surface area (TPSA) is 66.2 Å². The number of rotatable bonds is 1. The summed E-state index contributed by atoms with van der Waals surface area (Å²) in [5.74, 6) is 0. The van der Waals surface area contributed by atoms with E-state index in [1.54, 1.807) is 12.1 Å². The number of hydrogen-bond acceptors (Lipinski definition) is 4. The van der Waals surface area contributed by atoms with E-state index in [2.05, 4.69) is 10.2 Å². The third kappa shape index (κ3) is 1.65. The maximum atomic E-state index is 9.10. The Labute approximate surface area is 97.7 Å². The van der Waals surface area contributed by atoms with Gasteiger partial charge in [-0.25, -0.2) is 0 Å². The van der Waals surface area contributed by atoms with E-state index in [0.717, 1.165) is 16.3 Å². The summed E-state index contributed by atoms with van der Waals surface area (Å²) in [6.45, 7) is 0. The van der Waals surface area contributed by atoms with Gasteiger partial charge in [0, 0.05) is 10.8 Å². The molecule has 0 aliphatic carbocycles. The Bertz CT molecular complexity index is 700. The Kier molecular flexibility index (Phi) is 2.28. The summed E-state index contributed by atoms with van der Waals surface area (Å²) in [6, 6.07) is 12.9. The fraction of sp³-hybridized carbons (Fsp3) is 0. The summed E-state index contributed by atoms with van der Waals surface area (Å²) >= 11 is 0. The average molecular weight is 224 g/mol. The molecule has 0 fully saturated rings. The highest BCUT2D eigenvalue weighted by molar-refractivity contribution is 6.58. The van der Waals surface area contributed by atoms with Crippen LogP contribution in [0, 0.1) is 0 Å². The minimum absolute atomic E-state index is 0.419. The molecule has 17 heavy (non-hydrogen) atoms. The number of benzene rings is 2. The van der Waals surface area contributed by atoms with Crippen molar-refractivity contribution in [3.63, 3.8) is 0 Å². The van der Waals surface area contributed by atoms with Crippen molar-refractivity contribution < 1.29 is 10.0 Å². The number of aromatic nitrogens is 2. The lowest BCUT2D eigenvalue weighted by Gasteiger charge is -2.04. The van der Waals surface area contributed by atoms with E-state index in [-0.39, 0.29) is 0 Å². The summed E-state index contributed by atoms with van der Waals surface area (Å²) in [5.41, 5.74) is 1.91. The molecular weight excluding hydrogens is 215 g/mol. The molecule has 0 aliphatic rings. The molecule has 0 saturated heterocycles. The van der Waals surface area contributed by atoms with Crippen LogP contribution in [0.1, 0.15) is 0 Å². The molecule has 0 unspecified atom stereocenters. The van der Waals surface area contributed by atoms with Gasteiger partial charge < -0.3 is 10.0 Å². The first-order chi connectivity index (χ1) is 8.25. The quantitative estimate of drug-likeness (QED) is 0.465. The minimum Gasteiger partial charge on any atom is -0.423 e. The second kappa shape index (κ2) is 3.80.